The van der Waals surface area contributed by atoms with Crippen molar-refractivity contribution in [3.8, 4) is 11.5 Å². The molecule has 2 aromatic rings. The van der Waals surface area contributed by atoms with Crippen molar-refractivity contribution >= 4 is 21.4 Å². The fourth-order valence-electron chi connectivity index (χ4n) is 2.32. The van der Waals surface area contributed by atoms with E-state index in [1.54, 1.807) is 12.1 Å². The zero-order chi connectivity index (χ0) is 19.3. The Morgan fingerprint density at radius 3 is 2.50 bits per heavy atom. The predicted molar refractivity (Wildman–Crippen MR) is 97.4 cm³/mol. The molecule has 0 bridgehead atoms. The number of anilines is 1. The number of ether oxygens (including phenoxy) is 2. The molecule has 0 saturated carbocycles. The van der Waals surface area contributed by atoms with E-state index < -0.39 is 14.9 Å². The molecule has 2 rings (SSSR count). The molecule has 8 nitrogen and oxygen atoms in total. The van der Waals surface area contributed by atoms with Gasteiger partial charge in [0.25, 0.3) is 15.7 Å². The lowest BCUT2D eigenvalue weighted by Crippen LogP contribution is -2.31. The minimum atomic E-state index is -4.11. The number of benzene rings is 2. The predicted octanol–water partition coefficient (Wildman–Crippen LogP) is 2.99. The lowest BCUT2D eigenvalue weighted by atomic mass is 10.2. The van der Waals surface area contributed by atoms with Gasteiger partial charge in [-0.1, -0.05) is 12.1 Å². The molecule has 0 amide bonds. The van der Waals surface area contributed by atoms with Crippen molar-refractivity contribution in [2.75, 3.05) is 25.1 Å². The Hall–Kier alpha value is -3.07. The molecule has 0 unspecified atom stereocenters. The second-order valence-corrected chi connectivity index (χ2v) is 6.98. The quantitative estimate of drug-likeness (QED) is 0.398. The summed E-state index contributed by atoms with van der Waals surface area (Å²) in [5.41, 5.74) is -0.0829. The highest BCUT2D eigenvalue weighted by atomic mass is 32.2. The molecule has 26 heavy (non-hydrogen) atoms. The summed E-state index contributed by atoms with van der Waals surface area (Å²) in [5, 5.41) is 11.0. The number of rotatable bonds is 8. The number of nitro groups is 1. The van der Waals surface area contributed by atoms with Crippen LogP contribution in [0, 0.1) is 10.1 Å². The van der Waals surface area contributed by atoms with Crippen LogP contribution in [0.5, 0.6) is 11.5 Å². The largest absolute Gasteiger partial charge is 0.497 e. The molecule has 138 valence electrons. The van der Waals surface area contributed by atoms with E-state index in [1.807, 2.05) is 0 Å². The van der Waals surface area contributed by atoms with Crippen LogP contribution in [0.2, 0.25) is 0 Å². The summed E-state index contributed by atoms with van der Waals surface area (Å²) >= 11 is 0. The molecule has 0 fully saturated rings. The third-order valence-electron chi connectivity index (χ3n) is 3.57. The van der Waals surface area contributed by atoms with E-state index in [0.29, 0.717) is 11.5 Å². The van der Waals surface area contributed by atoms with E-state index in [4.69, 9.17) is 9.47 Å². The molecule has 0 N–H and O–H groups in total. The first-order valence-corrected chi connectivity index (χ1v) is 8.89. The molecule has 9 heteroatoms. The van der Waals surface area contributed by atoms with Gasteiger partial charge < -0.3 is 9.47 Å². The summed E-state index contributed by atoms with van der Waals surface area (Å²) in [6.07, 6.45) is 1.41. The van der Waals surface area contributed by atoms with Gasteiger partial charge in [-0.25, -0.2) is 8.42 Å². The summed E-state index contributed by atoms with van der Waals surface area (Å²) in [6, 6.07) is 9.57. The Morgan fingerprint density at radius 2 is 1.92 bits per heavy atom. The molecule has 0 heterocycles. The standard InChI is InChI=1S/C17H18N2O6S/c1-4-10-18(16-12-14(24-2)8-9-17(16)25-3)26(22,23)15-7-5-6-13(11-15)19(20)21/h4-9,11-12H,1,10H2,2-3H3. The highest BCUT2D eigenvalue weighted by molar-refractivity contribution is 7.92. The third-order valence-corrected chi connectivity index (χ3v) is 5.34. The van der Waals surface area contributed by atoms with Crippen molar-refractivity contribution in [1.29, 1.82) is 0 Å². The highest BCUT2D eigenvalue weighted by Gasteiger charge is 2.28. The molecule has 2 aromatic carbocycles. The van der Waals surface area contributed by atoms with Crippen LogP contribution in [-0.4, -0.2) is 34.1 Å². The summed E-state index contributed by atoms with van der Waals surface area (Å²) in [7, 11) is -1.24. The maximum absolute atomic E-state index is 13.1. The second kappa shape index (κ2) is 7.87. The Bertz CT molecular complexity index is 927. The molecular weight excluding hydrogens is 360 g/mol. The first-order chi connectivity index (χ1) is 12.3. The van der Waals surface area contributed by atoms with Gasteiger partial charge in [-0.2, -0.15) is 0 Å². The number of nitro benzene ring substituents is 1. The van der Waals surface area contributed by atoms with Crippen molar-refractivity contribution in [2.45, 2.75) is 4.90 Å². The van der Waals surface area contributed by atoms with Gasteiger partial charge in [0.2, 0.25) is 0 Å². The molecule has 0 radical (unpaired) electrons. The molecular formula is C17H18N2O6S. The van der Waals surface area contributed by atoms with Gasteiger partial charge in [0, 0.05) is 18.2 Å². The molecule has 0 aliphatic carbocycles. The van der Waals surface area contributed by atoms with Crippen molar-refractivity contribution in [2.24, 2.45) is 0 Å². The van der Waals surface area contributed by atoms with E-state index in [1.165, 1.54) is 44.6 Å². The van der Waals surface area contributed by atoms with Gasteiger partial charge in [0.15, 0.2) is 0 Å². The average molecular weight is 378 g/mol. The number of non-ortho nitro benzene ring substituents is 1. The van der Waals surface area contributed by atoms with Gasteiger partial charge in [0.05, 0.1) is 36.3 Å². The topological polar surface area (TPSA) is 99.0 Å². The van der Waals surface area contributed by atoms with Crippen LogP contribution in [0.25, 0.3) is 0 Å². The summed E-state index contributed by atoms with van der Waals surface area (Å²) in [5.74, 6) is 0.741. The molecule has 0 aromatic heterocycles. The molecule has 0 atom stereocenters. The number of methoxy groups -OCH3 is 2. The maximum atomic E-state index is 13.1. The van der Waals surface area contributed by atoms with E-state index in [9.17, 15) is 18.5 Å². The number of sulfonamides is 1. The van der Waals surface area contributed by atoms with Crippen molar-refractivity contribution in [3.63, 3.8) is 0 Å². The summed E-state index contributed by atoms with van der Waals surface area (Å²) in [4.78, 5) is 10.1. The van der Waals surface area contributed by atoms with Crippen molar-refractivity contribution in [1.82, 2.24) is 0 Å². The van der Waals surface area contributed by atoms with Crippen LogP contribution >= 0.6 is 0 Å². The van der Waals surface area contributed by atoms with Gasteiger partial charge in [-0.15, -0.1) is 6.58 Å². The number of hydrogen-bond donors (Lipinski definition) is 0. The monoisotopic (exact) mass is 378 g/mol. The Kier molecular flexibility index (Phi) is 5.83. The number of hydrogen-bond acceptors (Lipinski definition) is 6. The van der Waals surface area contributed by atoms with Gasteiger partial charge in [-0.3, -0.25) is 14.4 Å². The minimum absolute atomic E-state index is 0.0610. The fourth-order valence-corrected chi connectivity index (χ4v) is 3.80. The average Bonchev–Trinajstić information content (AvgIpc) is 2.65. The lowest BCUT2D eigenvalue weighted by molar-refractivity contribution is -0.385. The molecule has 0 aliphatic rings. The normalized spacial score (nSPS) is 10.8. The fraction of sp³-hybridized carbons (Fsp3) is 0.176. The van der Waals surface area contributed by atoms with Crippen molar-refractivity contribution < 1.29 is 22.8 Å². The maximum Gasteiger partial charge on any atom is 0.270 e. The first-order valence-electron chi connectivity index (χ1n) is 7.45. The molecule has 0 saturated heterocycles. The molecule has 0 aliphatic heterocycles. The Labute approximate surface area is 151 Å². The Balaban J connectivity index is 2.64. The summed E-state index contributed by atoms with van der Waals surface area (Å²) in [6.45, 7) is 3.53. The van der Waals surface area contributed by atoms with Crippen LogP contribution in [0.1, 0.15) is 0 Å². The third kappa shape index (κ3) is 3.77. The zero-order valence-electron chi connectivity index (χ0n) is 14.3. The number of nitrogens with zero attached hydrogens (tertiary/aromatic N) is 2. The van der Waals surface area contributed by atoms with Crippen LogP contribution in [0.3, 0.4) is 0 Å². The smallest absolute Gasteiger partial charge is 0.270 e. The first kappa shape index (κ1) is 19.3. The SMILES string of the molecule is C=CCN(c1cc(OC)ccc1OC)S(=O)(=O)c1cccc([N+](=O)[O-])c1. The van der Waals surface area contributed by atoms with Crippen LogP contribution in [0.4, 0.5) is 11.4 Å². The van der Waals surface area contributed by atoms with Gasteiger partial charge in [0.1, 0.15) is 11.5 Å². The zero-order valence-corrected chi connectivity index (χ0v) is 15.1. The van der Waals surface area contributed by atoms with Crippen molar-refractivity contribution in [3.05, 3.63) is 65.2 Å². The van der Waals surface area contributed by atoms with Gasteiger partial charge >= 0.3 is 0 Å². The van der Waals surface area contributed by atoms with Gasteiger partial charge in [-0.05, 0) is 18.2 Å². The molecule has 0 spiro atoms. The van der Waals surface area contributed by atoms with E-state index in [2.05, 4.69) is 6.58 Å². The van der Waals surface area contributed by atoms with Crippen LogP contribution in [0.15, 0.2) is 60.0 Å². The lowest BCUT2D eigenvalue weighted by Gasteiger charge is -2.25. The van der Waals surface area contributed by atoms with Crippen LogP contribution < -0.4 is 13.8 Å². The van der Waals surface area contributed by atoms with E-state index in [0.717, 1.165) is 10.4 Å². The van der Waals surface area contributed by atoms with E-state index >= 15 is 0 Å². The second-order valence-electron chi connectivity index (χ2n) is 5.12. The van der Waals surface area contributed by atoms with Crippen LogP contribution in [-0.2, 0) is 10.0 Å². The summed E-state index contributed by atoms with van der Waals surface area (Å²) < 4.78 is 37.7. The van der Waals surface area contributed by atoms with E-state index in [-0.39, 0.29) is 22.8 Å². The highest BCUT2D eigenvalue weighted by Crippen LogP contribution is 2.36. The minimum Gasteiger partial charge on any atom is -0.497 e. The Morgan fingerprint density at radius 1 is 1.19 bits per heavy atom.